The monoisotopic (exact) mass is 544 g/mol. The number of carbonyl (C=O) groups is 1. The average molecular weight is 545 g/mol. The number of hydrogen-bond acceptors (Lipinski definition) is 6. The van der Waals surface area contributed by atoms with Crippen molar-refractivity contribution in [1.29, 1.82) is 0 Å². The van der Waals surface area contributed by atoms with E-state index in [1.165, 1.54) is 4.90 Å². The molecule has 1 aliphatic rings. The van der Waals surface area contributed by atoms with E-state index in [1.807, 2.05) is 97.9 Å². The van der Waals surface area contributed by atoms with Crippen molar-refractivity contribution in [2.24, 2.45) is 0 Å². The molecule has 4 rings (SSSR count). The third kappa shape index (κ3) is 8.50. The van der Waals surface area contributed by atoms with Gasteiger partial charge in [-0.15, -0.1) is 0 Å². The zero-order valence-corrected chi connectivity index (χ0v) is 23.6. The van der Waals surface area contributed by atoms with Crippen LogP contribution in [-0.2, 0) is 38.8 Å². The summed E-state index contributed by atoms with van der Waals surface area (Å²) in [6, 6.07) is 29.8. The minimum absolute atomic E-state index is 0.276. The van der Waals surface area contributed by atoms with Gasteiger partial charge in [0.25, 0.3) is 0 Å². The first-order valence-corrected chi connectivity index (χ1v) is 13.8. The van der Waals surface area contributed by atoms with Gasteiger partial charge in [-0.1, -0.05) is 104 Å². The first-order chi connectivity index (χ1) is 19.5. The van der Waals surface area contributed by atoms with Crippen LogP contribution in [0.25, 0.3) is 0 Å². The number of hydrogen-bond donors (Lipinski definition) is 1. The first-order valence-electron chi connectivity index (χ1n) is 13.8. The van der Waals surface area contributed by atoms with E-state index < -0.39 is 24.4 Å². The Hall–Kier alpha value is -3.49. The summed E-state index contributed by atoms with van der Waals surface area (Å²) in [7, 11) is 3.35. The van der Waals surface area contributed by atoms with Crippen LogP contribution in [0.5, 0.6) is 0 Å². The number of likely N-dealkylation sites (N-methyl/N-ethyl adjacent to an activating group) is 1. The molecule has 0 fully saturated rings. The predicted octanol–water partition coefficient (Wildman–Crippen LogP) is 5.36. The summed E-state index contributed by atoms with van der Waals surface area (Å²) in [4.78, 5) is 14.2. The molecule has 1 aliphatic carbocycles. The van der Waals surface area contributed by atoms with Crippen LogP contribution in [0.2, 0.25) is 0 Å². The average Bonchev–Trinajstić information content (AvgIpc) is 2.98. The highest BCUT2D eigenvalue weighted by Crippen LogP contribution is 2.30. The summed E-state index contributed by atoms with van der Waals surface area (Å²) in [5.41, 5.74) is 4.12. The first kappa shape index (κ1) is 29.5. The maximum absolute atomic E-state index is 12.8. The number of benzene rings is 3. The fourth-order valence-corrected chi connectivity index (χ4v) is 4.68. The molecular weight excluding hydrogens is 504 g/mol. The van der Waals surface area contributed by atoms with Gasteiger partial charge in [0.2, 0.25) is 0 Å². The molecule has 0 saturated carbocycles. The number of nitrogens with zero attached hydrogens (tertiary/aromatic N) is 1. The second-order valence-corrected chi connectivity index (χ2v) is 10.0. The molecule has 0 bridgehead atoms. The fourth-order valence-electron chi connectivity index (χ4n) is 4.68. The molecule has 3 aromatic rings. The number of nitrogens with one attached hydrogen (secondary N) is 1. The minimum Gasteiger partial charge on any atom is -0.441 e. The van der Waals surface area contributed by atoms with Gasteiger partial charge in [0.1, 0.15) is 12.2 Å². The van der Waals surface area contributed by atoms with Crippen LogP contribution in [0.1, 0.15) is 23.6 Å². The molecule has 7 heteroatoms. The molecule has 4 atom stereocenters. The van der Waals surface area contributed by atoms with Crippen molar-refractivity contribution in [1.82, 2.24) is 10.2 Å². The van der Waals surface area contributed by atoms with Crippen molar-refractivity contribution >= 4 is 6.09 Å². The van der Waals surface area contributed by atoms with Crippen molar-refractivity contribution in [2.45, 2.75) is 51.1 Å². The van der Waals surface area contributed by atoms with Crippen LogP contribution >= 0.6 is 0 Å². The summed E-state index contributed by atoms with van der Waals surface area (Å²) in [5.74, 6) is 0. The van der Waals surface area contributed by atoms with Gasteiger partial charge in [-0.3, -0.25) is 0 Å². The Bertz CT molecular complexity index is 1190. The smallest absolute Gasteiger partial charge is 0.409 e. The van der Waals surface area contributed by atoms with Gasteiger partial charge in [-0.05, 0) is 28.8 Å². The highest BCUT2D eigenvalue weighted by Gasteiger charge is 2.44. The Morgan fingerprint density at radius 1 is 0.725 bits per heavy atom. The molecule has 1 N–H and O–H groups in total. The van der Waals surface area contributed by atoms with Crippen molar-refractivity contribution < 1.29 is 23.7 Å². The lowest BCUT2D eigenvalue weighted by Crippen LogP contribution is -2.58. The molecule has 0 unspecified atom stereocenters. The fraction of sp³-hybridized carbons (Fsp3) is 0.364. The summed E-state index contributed by atoms with van der Waals surface area (Å²) in [5, 5.41) is 3.48. The third-order valence-electron chi connectivity index (χ3n) is 6.72. The Morgan fingerprint density at radius 3 is 1.77 bits per heavy atom. The SMILES string of the molecule is CCN[C@H]1C=C(COCc2ccccc2)[C@@H](OCc2ccccc2)[C@H](OCc2ccccc2)[C@@H]1OC(=O)N(C)C. The Kier molecular flexibility index (Phi) is 11.3. The van der Waals surface area contributed by atoms with E-state index in [9.17, 15) is 4.79 Å². The maximum atomic E-state index is 12.8. The van der Waals surface area contributed by atoms with Crippen LogP contribution in [0.3, 0.4) is 0 Å². The normalized spacial score (nSPS) is 20.5. The van der Waals surface area contributed by atoms with Crippen molar-refractivity contribution in [3.05, 3.63) is 119 Å². The molecule has 0 spiro atoms. The van der Waals surface area contributed by atoms with Gasteiger partial charge in [0.15, 0.2) is 6.10 Å². The lowest BCUT2D eigenvalue weighted by Gasteiger charge is -2.42. The molecule has 0 aliphatic heterocycles. The molecule has 212 valence electrons. The summed E-state index contributed by atoms with van der Waals surface area (Å²) in [6.45, 7) is 4.29. The van der Waals surface area contributed by atoms with E-state index in [4.69, 9.17) is 18.9 Å². The standard InChI is InChI=1S/C33H40N2O5/c1-4-34-29-20-28(24-37-21-25-14-8-5-9-15-25)30(38-22-26-16-10-6-11-17-26)32(31(29)40-33(36)35(2)3)39-23-27-18-12-7-13-19-27/h5-20,29-32,34H,4,21-24H2,1-3H3/t29-,30+,31+,32-/m0/s1. The van der Waals surface area contributed by atoms with Gasteiger partial charge in [0.05, 0.1) is 32.5 Å². The van der Waals surface area contributed by atoms with E-state index in [2.05, 4.69) is 11.4 Å². The molecule has 7 nitrogen and oxygen atoms in total. The topological polar surface area (TPSA) is 69.3 Å². The van der Waals surface area contributed by atoms with Gasteiger partial charge in [-0.25, -0.2) is 4.79 Å². The molecule has 40 heavy (non-hydrogen) atoms. The minimum atomic E-state index is -0.614. The van der Waals surface area contributed by atoms with Crippen LogP contribution in [0.4, 0.5) is 4.79 Å². The molecule has 0 saturated heterocycles. The van der Waals surface area contributed by atoms with Gasteiger partial charge in [0, 0.05) is 14.1 Å². The van der Waals surface area contributed by atoms with Gasteiger partial charge >= 0.3 is 6.09 Å². The second kappa shape index (κ2) is 15.3. The van der Waals surface area contributed by atoms with Crippen LogP contribution in [0, 0.1) is 0 Å². The predicted molar refractivity (Wildman–Crippen MR) is 156 cm³/mol. The van der Waals surface area contributed by atoms with E-state index in [-0.39, 0.29) is 6.04 Å². The number of amides is 1. The number of ether oxygens (including phenoxy) is 4. The zero-order chi connectivity index (χ0) is 28.2. The quantitative estimate of drug-likeness (QED) is 0.292. The second-order valence-electron chi connectivity index (χ2n) is 10.0. The zero-order valence-electron chi connectivity index (χ0n) is 23.6. The van der Waals surface area contributed by atoms with Crippen molar-refractivity contribution in [3.63, 3.8) is 0 Å². The molecule has 0 aromatic heterocycles. The lowest BCUT2D eigenvalue weighted by atomic mass is 9.87. The van der Waals surface area contributed by atoms with Crippen molar-refractivity contribution in [2.75, 3.05) is 27.2 Å². The van der Waals surface area contributed by atoms with E-state index in [0.717, 1.165) is 22.3 Å². The largest absolute Gasteiger partial charge is 0.441 e. The summed E-state index contributed by atoms with van der Waals surface area (Å²) in [6.07, 6.45) is -0.0238. The number of rotatable bonds is 13. The molecular formula is C33H40N2O5. The van der Waals surface area contributed by atoms with Gasteiger partial charge < -0.3 is 29.2 Å². The number of carbonyl (C=O) groups excluding carboxylic acids is 1. The molecule has 0 heterocycles. The van der Waals surface area contributed by atoms with E-state index in [0.29, 0.717) is 33.0 Å². The van der Waals surface area contributed by atoms with E-state index in [1.54, 1.807) is 14.1 Å². The van der Waals surface area contributed by atoms with E-state index >= 15 is 0 Å². The molecule has 1 amide bonds. The summed E-state index contributed by atoms with van der Waals surface area (Å²) < 4.78 is 25.4. The van der Waals surface area contributed by atoms with Crippen LogP contribution in [0.15, 0.2) is 103 Å². The Morgan fingerprint density at radius 2 is 1.25 bits per heavy atom. The maximum Gasteiger partial charge on any atom is 0.409 e. The Balaban J connectivity index is 1.64. The summed E-state index contributed by atoms with van der Waals surface area (Å²) >= 11 is 0. The molecule has 0 radical (unpaired) electrons. The lowest BCUT2D eigenvalue weighted by molar-refractivity contribution is -0.136. The highest BCUT2D eigenvalue weighted by molar-refractivity contribution is 5.67. The third-order valence-corrected chi connectivity index (χ3v) is 6.72. The van der Waals surface area contributed by atoms with Crippen LogP contribution < -0.4 is 5.32 Å². The molecule has 3 aromatic carbocycles. The highest BCUT2D eigenvalue weighted by atomic mass is 16.6. The Labute approximate surface area is 237 Å². The van der Waals surface area contributed by atoms with Crippen molar-refractivity contribution in [3.8, 4) is 0 Å². The van der Waals surface area contributed by atoms with Gasteiger partial charge in [-0.2, -0.15) is 0 Å². The van der Waals surface area contributed by atoms with Crippen LogP contribution in [-0.4, -0.2) is 62.6 Å².